The molecule has 1 rings (SSSR count). The molecule has 6 heteroatoms. The van der Waals surface area contributed by atoms with Crippen LogP contribution < -0.4 is 10.6 Å². The lowest BCUT2D eigenvalue weighted by molar-refractivity contribution is -0.121. The summed E-state index contributed by atoms with van der Waals surface area (Å²) in [7, 11) is 0. The Bertz CT molecular complexity index is 288. The number of amides is 1. The van der Waals surface area contributed by atoms with Crippen molar-refractivity contribution in [2.75, 3.05) is 45.9 Å². The van der Waals surface area contributed by atoms with E-state index in [2.05, 4.69) is 42.0 Å². The maximum absolute atomic E-state index is 11.5. The summed E-state index contributed by atoms with van der Waals surface area (Å²) in [5, 5.41) is 6.05. The van der Waals surface area contributed by atoms with Crippen LogP contribution in [-0.2, 0) is 9.53 Å². The first-order chi connectivity index (χ1) is 9.49. The van der Waals surface area contributed by atoms with Gasteiger partial charge in [0.2, 0.25) is 5.91 Å². The van der Waals surface area contributed by atoms with E-state index in [1.807, 2.05) is 0 Å². The highest BCUT2D eigenvalue weighted by Gasteiger charge is 2.21. The third-order valence-corrected chi connectivity index (χ3v) is 3.50. The summed E-state index contributed by atoms with van der Waals surface area (Å²) in [6, 6.07) is 0. The lowest BCUT2D eigenvalue weighted by atomic mass is 10.2. The van der Waals surface area contributed by atoms with Crippen LogP contribution in [-0.4, -0.2) is 68.0 Å². The first-order valence-corrected chi connectivity index (χ1v) is 8.01. The molecule has 118 valence electrons. The molecule has 1 saturated heterocycles. The van der Waals surface area contributed by atoms with Crippen LogP contribution in [0.15, 0.2) is 0 Å². The lowest BCUT2D eigenvalue weighted by Crippen LogP contribution is -2.49. The van der Waals surface area contributed by atoms with Gasteiger partial charge in [-0.1, -0.05) is 13.8 Å². The number of carbonyl (C=O) groups excluding carboxylic acids is 1. The molecular weight excluding hydrogens is 274 g/mol. The molecule has 0 aromatic rings. The van der Waals surface area contributed by atoms with E-state index in [4.69, 9.17) is 4.74 Å². The highest BCUT2D eigenvalue weighted by atomic mass is 32.1. The van der Waals surface area contributed by atoms with E-state index in [0.29, 0.717) is 12.5 Å². The summed E-state index contributed by atoms with van der Waals surface area (Å²) in [5.74, 6) is 0.651. The average molecular weight is 303 g/mol. The largest absolute Gasteiger partial charge is 0.374 e. The van der Waals surface area contributed by atoms with Crippen LogP contribution in [0.3, 0.4) is 0 Å². The molecule has 0 bridgehead atoms. The molecule has 5 nitrogen and oxygen atoms in total. The molecule has 0 aliphatic carbocycles. The summed E-state index contributed by atoms with van der Waals surface area (Å²) < 4.78 is 5.68. The second kappa shape index (κ2) is 9.60. The Labute approximate surface area is 128 Å². The topological polar surface area (TPSA) is 53.6 Å². The van der Waals surface area contributed by atoms with E-state index in [1.54, 1.807) is 6.92 Å². The predicted octanol–water partition coefficient (Wildman–Crippen LogP) is 0.367. The molecule has 0 aromatic heterocycles. The Morgan fingerprint density at radius 2 is 2.20 bits per heavy atom. The van der Waals surface area contributed by atoms with E-state index < -0.39 is 0 Å². The summed E-state index contributed by atoms with van der Waals surface area (Å²) >= 11 is 4.11. The lowest BCUT2D eigenvalue weighted by Gasteiger charge is -2.33. The highest BCUT2D eigenvalue weighted by molar-refractivity contribution is 7.81. The van der Waals surface area contributed by atoms with Crippen molar-refractivity contribution in [3.05, 3.63) is 0 Å². The fourth-order valence-corrected chi connectivity index (χ4v) is 2.19. The Kier molecular flexibility index (Phi) is 8.52. The van der Waals surface area contributed by atoms with Crippen LogP contribution in [0.1, 0.15) is 20.8 Å². The molecule has 2 N–H and O–H groups in total. The molecule has 1 unspecified atom stereocenters. The molecule has 1 fully saturated rings. The van der Waals surface area contributed by atoms with E-state index in [-0.39, 0.29) is 17.3 Å². The first kappa shape index (κ1) is 17.8. The third kappa shape index (κ3) is 7.47. The molecule has 0 spiro atoms. The molecule has 20 heavy (non-hydrogen) atoms. The number of carbonyl (C=O) groups is 1. The summed E-state index contributed by atoms with van der Waals surface area (Å²) in [6.45, 7) is 12.4. The Hall–Kier alpha value is -0.300. The number of morpholine rings is 1. The standard InChI is InChI=1S/C14H29N3O2S/c1-11(2)8-15-4-5-17-6-7-19-13(10-17)9-16-14(18)12(3)20/h11-13,15,20H,4-10H2,1-3H3,(H,16,18)/t12?,13-/m0/s1. The molecular formula is C14H29N3O2S. The van der Waals surface area contributed by atoms with Gasteiger partial charge in [-0.2, -0.15) is 12.6 Å². The van der Waals surface area contributed by atoms with E-state index in [0.717, 1.165) is 39.3 Å². The summed E-state index contributed by atoms with van der Waals surface area (Å²) in [4.78, 5) is 13.9. The Balaban J connectivity index is 2.16. The van der Waals surface area contributed by atoms with Gasteiger partial charge in [-0.05, 0) is 19.4 Å². The van der Waals surface area contributed by atoms with Crippen molar-refractivity contribution in [1.29, 1.82) is 0 Å². The maximum atomic E-state index is 11.5. The number of nitrogens with one attached hydrogen (secondary N) is 2. The molecule has 1 heterocycles. The van der Waals surface area contributed by atoms with Crippen LogP contribution >= 0.6 is 12.6 Å². The van der Waals surface area contributed by atoms with Gasteiger partial charge >= 0.3 is 0 Å². The highest BCUT2D eigenvalue weighted by Crippen LogP contribution is 2.04. The van der Waals surface area contributed by atoms with Gasteiger partial charge in [0.05, 0.1) is 18.0 Å². The minimum Gasteiger partial charge on any atom is -0.374 e. The Morgan fingerprint density at radius 1 is 1.45 bits per heavy atom. The van der Waals surface area contributed by atoms with E-state index in [9.17, 15) is 4.79 Å². The van der Waals surface area contributed by atoms with Crippen molar-refractivity contribution >= 4 is 18.5 Å². The fraction of sp³-hybridized carbons (Fsp3) is 0.929. The van der Waals surface area contributed by atoms with Crippen LogP contribution in [0.25, 0.3) is 0 Å². The van der Waals surface area contributed by atoms with Crippen molar-refractivity contribution in [2.24, 2.45) is 5.92 Å². The molecule has 1 aliphatic heterocycles. The molecule has 1 aliphatic rings. The number of hydrogen-bond donors (Lipinski definition) is 3. The average Bonchev–Trinajstić information content (AvgIpc) is 2.41. The zero-order valence-electron chi connectivity index (χ0n) is 12.9. The van der Waals surface area contributed by atoms with Gasteiger partial charge in [-0.25, -0.2) is 0 Å². The normalized spacial score (nSPS) is 21.9. The molecule has 0 saturated carbocycles. The Morgan fingerprint density at radius 3 is 2.85 bits per heavy atom. The second-order valence-electron chi connectivity index (χ2n) is 5.81. The molecule has 1 amide bonds. The number of hydrogen-bond acceptors (Lipinski definition) is 5. The van der Waals surface area contributed by atoms with Crippen molar-refractivity contribution in [3.8, 4) is 0 Å². The smallest absolute Gasteiger partial charge is 0.232 e. The van der Waals surface area contributed by atoms with Crippen molar-refractivity contribution < 1.29 is 9.53 Å². The zero-order valence-corrected chi connectivity index (χ0v) is 13.8. The number of nitrogens with zero attached hydrogens (tertiary/aromatic N) is 1. The van der Waals surface area contributed by atoms with Crippen LogP contribution in [0, 0.1) is 5.92 Å². The van der Waals surface area contributed by atoms with Gasteiger partial charge in [0.25, 0.3) is 0 Å². The van der Waals surface area contributed by atoms with Crippen LogP contribution in [0.2, 0.25) is 0 Å². The first-order valence-electron chi connectivity index (χ1n) is 7.49. The SMILES string of the molecule is CC(C)CNCCN1CCO[C@@H](CNC(=O)C(C)S)C1. The quantitative estimate of drug-likeness (QED) is 0.448. The third-order valence-electron chi connectivity index (χ3n) is 3.26. The molecule has 2 atom stereocenters. The molecule has 0 radical (unpaired) electrons. The predicted molar refractivity (Wildman–Crippen MR) is 85.3 cm³/mol. The van der Waals surface area contributed by atoms with Gasteiger partial charge in [0.1, 0.15) is 0 Å². The van der Waals surface area contributed by atoms with Crippen LogP contribution in [0.5, 0.6) is 0 Å². The van der Waals surface area contributed by atoms with Gasteiger partial charge < -0.3 is 15.4 Å². The number of ether oxygens (including phenoxy) is 1. The minimum atomic E-state index is -0.269. The summed E-state index contributed by atoms with van der Waals surface area (Å²) in [6.07, 6.45) is 0.0879. The molecule has 0 aromatic carbocycles. The van der Waals surface area contributed by atoms with Gasteiger partial charge in [0.15, 0.2) is 0 Å². The number of thiol groups is 1. The fourth-order valence-electron chi connectivity index (χ4n) is 2.10. The summed E-state index contributed by atoms with van der Waals surface area (Å²) in [5.41, 5.74) is 0. The van der Waals surface area contributed by atoms with E-state index in [1.165, 1.54) is 0 Å². The number of rotatable bonds is 8. The van der Waals surface area contributed by atoms with Crippen molar-refractivity contribution in [3.63, 3.8) is 0 Å². The van der Waals surface area contributed by atoms with Gasteiger partial charge in [0, 0.05) is 32.7 Å². The van der Waals surface area contributed by atoms with Gasteiger partial charge in [-0.3, -0.25) is 9.69 Å². The van der Waals surface area contributed by atoms with Crippen molar-refractivity contribution in [1.82, 2.24) is 15.5 Å². The monoisotopic (exact) mass is 303 g/mol. The van der Waals surface area contributed by atoms with Crippen molar-refractivity contribution in [2.45, 2.75) is 32.1 Å². The van der Waals surface area contributed by atoms with E-state index >= 15 is 0 Å². The maximum Gasteiger partial charge on any atom is 0.232 e. The minimum absolute atomic E-state index is 0.0346. The van der Waals surface area contributed by atoms with Crippen LogP contribution in [0.4, 0.5) is 0 Å². The zero-order chi connectivity index (χ0) is 15.0. The second-order valence-corrected chi connectivity index (χ2v) is 6.59. The van der Waals surface area contributed by atoms with Gasteiger partial charge in [-0.15, -0.1) is 0 Å².